The Balaban J connectivity index is 1.70. The number of hydrogen-bond donors (Lipinski definition) is 1. The van der Waals surface area contributed by atoms with Crippen LogP contribution >= 0.6 is 0 Å². The first-order chi connectivity index (χ1) is 12.2. The molecule has 0 bridgehead atoms. The van der Waals surface area contributed by atoms with Crippen molar-refractivity contribution in [1.29, 1.82) is 0 Å². The van der Waals surface area contributed by atoms with Gasteiger partial charge in [0.1, 0.15) is 5.75 Å². The van der Waals surface area contributed by atoms with Gasteiger partial charge < -0.3 is 10.1 Å². The fourth-order valence-corrected chi connectivity index (χ4v) is 2.90. The third-order valence-electron chi connectivity index (χ3n) is 4.48. The van der Waals surface area contributed by atoms with Crippen LogP contribution < -0.4 is 10.1 Å². The summed E-state index contributed by atoms with van der Waals surface area (Å²) in [6.45, 7) is 4.31. The zero-order chi connectivity index (χ0) is 17.6. The second kappa shape index (κ2) is 7.84. The summed E-state index contributed by atoms with van der Waals surface area (Å²) in [5, 5.41) is 5.08. The van der Waals surface area contributed by atoms with Crippen LogP contribution in [0.5, 0.6) is 5.75 Å². The molecule has 0 saturated carbocycles. The van der Waals surface area contributed by atoms with E-state index in [0.717, 1.165) is 34.2 Å². The van der Waals surface area contributed by atoms with Gasteiger partial charge in [0.15, 0.2) is 6.61 Å². The molecular formula is C22H23NO2. The van der Waals surface area contributed by atoms with Crippen LogP contribution in [0.1, 0.15) is 31.7 Å². The number of fused-ring (bicyclic) bond motifs is 1. The molecule has 0 radical (unpaired) electrons. The molecule has 0 unspecified atom stereocenters. The largest absolute Gasteiger partial charge is 0.483 e. The van der Waals surface area contributed by atoms with Gasteiger partial charge in [-0.15, -0.1) is 0 Å². The van der Waals surface area contributed by atoms with Crippen molar-refractivity contribution >= 4 is 22.4 Å². The molecule has 128 valence electrons. The van der Waals surface area contributed by atoms with E-state index < -0.39 is 0 Å². The molecule has 0 saturated heterocycles. The number of anilines is 1. The summed E-state index contributed by atoms with van der Waals surface area (Å²) < 4.78 is 5.79. The number of hydrogen-bond acceptors (Lipinski definition) is 2. The van der Waals surface area contributed by atoms with E-state index in [1.165, 1.54) is 0 Å². The van der Waals surface area contributed by atoms with E-state index in [2.05, 4.69) is 25.2 Å². The fraction of sp³-hybridized carbons (Fsp3) is 0.227. The number of nitrogens with one attached hydrogen (secondary N) is 1. The van der Waals surface area contributed by atoms with Crippen LogP contribution in [0.4, 0.5) is 5.69 Å². The summed E-state index contributed by atoms with van der Waals surface area (Å²) in [5.74, 6) is 1.03. The Morgan fingerprint density at radius 1 is 1.00 bits per heavy atom. The van der Waals surface area contributed by atoms with Gasteiger partial charge in [-0.05, 0) is 35.4 Å². The van der Waals surface area contributed by atoms with Gasteiger partial charge in [0.2, 0.25) is 0 Å². The van der Waals surface area contributed by atoms with Crippen molar-refractivity contribution in [3.63, 3.8) is 0 Å². The topological polar surface area (TPSA) is 38.3 Å². The van der Waals surface area contributed by atoms with Crippen LogP contribution in [-0.4, -0.2) is 12.5 Å². The number of ether oxygens (including phenoxy) is 1. The summed E-state index contributed by atoms with van der Waals surface area (Å²) in [5.41, 5.74) is 1.95. The minimum Gasteiger partial charge on any atom is -0.483 e. The zero-order valence-corrected chi connectivity index (χ0v) is 14.7. The van der Waals surface area contributed by atoms with E-state index >= 15 is 0 Å². The van der Waals surface area contributed by atoms with Crippen molar-refractivity contribution in [1.82, 2.24) is 0 Å². The maximum atomic E-state index is 12.3. The highest BCUT2D eigenvalue weighted by atomic mass is 16.5. The van der Waals surface area contributed by atoms with Gasteiger partial charge >= 0.3 is 0 Å². The van der Waals surface area contributed by atoms with Crippen molar-refractivity contribution in [2.24, 2.45) is 0 Å². The molecule has 0 aromatic heterocycles. The van der Waals surface area contributed by atoms with Crippen LogP contribution in [-0.2, 0) is 4.79 Å². The van der Waals surface area contributed by atoms with Crippen molar-refractivity contribution < 1.29 is 9.53 Å². The average molecular weight is 333 g/mol. The molecule has 0 heterocycles. The molecule has 0 aliphatic heterocycles. The van der Waals surface area contributed by atoms with Crippen LogP contribution in [0, 0.1) is 0 Å². The molecule has 0 fully saturated rings. The Labute approximate surface area is 148 Å². The summed E-state index contributed by atoms with van der Waals surface area (Å²) in [6, 6.07) is 21.8. The molecule has 0 spiro atoms. The highest BCUT2D eigenvalue weighted by Gasteiger charge is 2.12. The first kappa shape index (κ1) is 17.0. The lowest BCUT2D eigenvalue weighted by Gasteiger charge is -2.15. The van der Waals surface area contributed by atoms with Crippen LogP contribution in [0.25, 0.3) is 10.8 Å². The van der Waals surface area contributed by atoms with E-state index in [0.29, 0.717) is 5.92 Å². The minimum absolute atomic E-state index is 0.00330. The van der Waals surface area contributed by atoms with Crippen molar-refractivity contribution in [2.45, 2.75) is 26.2 Å². The minimum atomic E-state index is -0.157. The number of carbonyl (C=O) groups excluding carboxylic acids is 1. The van der Waals surface area contributed by atoms with E-state index in [-0.39, 0.29) is 12.5 Å². The lowest BCUT2D eigenvalue weighted by atomic mass is 9.98. The van der Waals surface area contributed by atoms with E-state index in [4.69, 9.17) is 4.74 Å². The third kappa shape index (κ3) is 4.00. The molecule has 1 atom stereocenters. The number of amides is 1. The van der Waals surface area contributed by atoms with Crippen molar-refractivity contribution in [3.8, 4) is 5.75 Å². The van der Waals surface area contributed by atoms with Gasteiger partial charge in [0.25, 0.3) is 5.91 Å². The number of para-hydroxylation sites is 1. The molecule has 1 amide bonds. The predicted octanol–water partition coefficient (Wildman–Crippen LogP) is 5.37. The van der Waals surface area contributed by atoms with Crippen LogP contribution in [0.2, 0.25) is 0 Å². The molecule has 3 aromatic rings. The highest BCUT2D eigenvalue weighted by Crippen LogP contribution is 2.28. The van der Waals surface area contributed by atoms with E-state index in [9.17, 15) is 4.79 Å². The molecule has 3 rings (SSSR count). The monoisotopic (exact) mass is 333 g/mol. The standard InChI is InChI=1S/C22H23NO2/c1-3-16(2)18-11-6-7-14-21(18)25-15-22(24)23-20-13-8-10-17-9-4-5-12-19(17)20/h4-14,16H,3,15H2,1-2H3,(H,23,24)/t16-/m0/s1. The smallest absolute Gasteiger partial charge is 0.262 e. The molecule has 0 aliphatic rings. The van der Waals surface area contributed by atoms with E-state index in [1.54, 1.807) is 0 Å². The van der Waals surface area contributed by atoms with Gasteiger partial charge in [0, 0.05) is 11.1 Å². The first-order valence-corrected chi connectivity index (χ1v) is 8.68. The van der Waals surface area contributed by atoms with Gasteiger partial charge in [-0.3, -0.25) is 4.79 Å². The van der Waals surface area contributed by atoms with Gasteiger partial charge in [-0.25, -0.2) is 0 Å². The highest BCUT2D eigenvalue weighted by molar-refractivity contribution is 6.02. The Morgan fingerprint density at radius 2 is 1.72 bits per heavy atom. The fourth-order valence-electron chi connectivity index (χ4n) is 2.90. The number of benzene rings is 3. The summed E-state index contributed by atoms with van der Waals surface area (Å²) >= 11 is 0. The molecule has 25 heavy (non-hydrogen) atoms. The third-order valence-corrected chi connectivity index (χ3v) is 4.48. The normalized spacial score (nSPS) is 11.9. The van der Waals surface area contributed by atoms with E-state index in [1.807, 2.05) is 60.7 Å². The molecule has 3 aromatic carbocycles. The average Bonchev–Trinajstić information content (AvgIpc) is 2.66. The van der Waals surface area contributed by atoms with Crippen molar-refractivity contribution in [2.75, 3.05) is 11.9 Å². The van der Waals surface area contributed by atoms with Gasteiger partial charge in [-0.2, -0.15) is 0 Å². The Morgan fingerprint density at radius 3 is 2.56 bits per heavy atom. The van der Waals surface area contributed by atoms with Gasteiger partial charge in [0.05, 0.1) is 0 Å². The Hall–Kier alpha value is -2.81. The molecule has 0 aliphatic carbocycles. The molecule has 3 heteroatoms. The lowest BCUT2D eigenvalue weighted by Crippen LogP contribution is -2.20. The SMILES string of the molecule is CC[C@H](C)c1ccccc1OCC(=O)Nc1cccc2ccccc12. The Kier molecular flexibility index (Phi) is 5.34. The van der Waals surface area contributed by atoms with Crippen LogP contribution in [0.3, 0.4) is 0 Å². The summed E-state index contributed by atoms with van der Waals surface area (Å²) in [6.07, 6.45) is 1.03. The summed E-state index contributed by atoms with van der Waals surface area (Å²) in [7, 11) is 0. The zero-order valence-electron chi connectivity index (χ0n) is 14.7. The number of rotatable bonds is 6. The van der Waals surface area contributed by atoms with Gasteiger partial charge in [-0.1, -0.05) is 68.4 Å². The molecular weight excluding hydrogens is 310 g/mol. The Bertz CT molecular complexity index is 867. The molecule has 1 N–H and O–H groups in total. The van der Waals surface area contributed by atoms with Crippen molar-refractivity contribution in [3.05, 3.63) is 72.3 Å². The quantitative estimate of drug-likeness (QED) is 0.658. The maximum absolute atomic E-state index is 12.3. The maximum Gasteiger partial charge on any atom is 0.262 e. The predicted molar refractivity (Wildman–Crippen MR) is 103 cm³/mol. The summed E-state index contributed by atoms with van der Waals surface area (Å²) in [4.78, 5) is 12.3. The second-order valence-corrected chi connectivity index (χ2v) is 6.21. The second-order valence-electron chi connectivity index (χ2n) is 6.21. The number of carbonyl (C=O) groups is 1. The van der Waals surface area contributed by atoms with Crippen LogP contribution in [0.15, 0.2) is 66.7 Å². The first-order valence-electron chi connectivity index (χ1n) is 8.68. The molecule has 3 nitrogen and oxygen atoms in total. The lowest BCUT2D eigenvalue weighted by molar-refractivity contribution is -0.118.